The summed E-state index contributed by atoms with van der Waals surface area (Å²) in [5, 5.41) is 5.57. The van der Waals surface area contributed by atoms with E-state index in [1.54, 1.807) is 6.07 Å². The highest BCUT2D eigenvalue weighted by molar-refractivity contribution is 6.05. The van der Waals surface area contributed by atoms with Gasteiger partial charge in [0.25, 0.3) is 11.8 Å². The molecule has 0 aliphatic heterocycles. The summed E-state index contributed by atoms with van der Waals surface area (Å²) < 4.78 is 0. The van der Waals surface area contributed by atoms with E-state index in [1.165, 1.54) is 18.0 Å². The molecule has 2 rings (SSSR count). The first-order valence-corrected chi connectivity index (χ1v) is 7.77. The number of hydrogen-bond acceptors (Lipinski definition) is 3. The molecule has 0 fully saturated rings. The zero-order valence-corrected chi connectivity index (χ0v) is 13.4. The minimum absolute atomic E-state index is 0.221. The van der Waals surface area contributed by atoms with Crippen molar-refractivity contribution in [2.45, 2.75) is 26.7 Å². The average molecular weight is 311 g/mol. The van der Waals surface area contributed by atoms with Crippen molar-refractivity contribution in [3.8, 4) is 0 Å². The SMILES string of the molecule is CCCNC(=O)c1cncc(C(=O)Nc2ccc(CC)cc2)c1. The first kappa shape index (κ1) is 16.7. The van der Waals surface area contributed by atoms with Crippen molar-refractivity contribution in [3.05, 3.63) is 59.4 Å². The minimum Gasteiger partial charge on any atom is -0.352 e. The number of anilines is 1. The molecule has 1 aromatic heterocycles. The van der Waals surface area contributed by atoms with Crippen LogP contribution >= 0.6 is 0 Å². The van der Waals surface area contributed by atoms with Gasteiger partial charge < -0.3 is 10.6 Å². The largest absolute Gasteiger partial charge is 0.352 e. The zero-order chi connectivity index (χ0) is 16.7. The first-order chi connectivity index (χ1) is 11.1. The Bertz CT molecular complexity index is 681. The number of hydrogen-bond donors (Lipinski definition) is 2. The summed E-state index contributed by atoms with van der Waals surface area (Å²) in [6.07, 6.45) is 4.71. The van der Waals surface area contributed by atoms with Crippen LogP contribution in [0.15, 0.2) is 42.7 Å². The molecule has 2 N–H and O–H groups in total. The van der Waals surface area contributed by atoms with Gasteiger partial charge in [0.1, 0.15) is 0 Å². The standard InChI is InChI=1S/C18H21N3O2/c1-3-9-20-17(22)14-10-15(12-19-11-14)18(23)21-16-7-5-13(4-2)6-8-16/h5-8,10-12H,3-4,9H2,1-2H3,(H,20,22)(H,21,23). The number of rotatable bonds is 6. The number of benzene rings is 1. The maximum absolute atomic E-state index is 12.3. The van der Waals surface area contributed by atoms with Gasteiger partial charge >= 0.3 is 0 Å². The van der Waals surface area contributed by atoms with Gasteiger partial charge in [-0.05, 0) is 36.6 Å². The molecule has 0 unspecified atom stereocenters. The van der Waals surface area contributed by atoms with Crippen molar-refractivity contribution in [1.29, 1.82) is 0 Å². The van der Waals surface area contributed by atoms with Crippen LogP contribution in [0.1, 0.15) is 46.5 Å². The van der Waals surface area contributed by atoms with Crippen molar-refractivity contribution in [3.63, 3.8) is 0 Å². The smallest absolute Gasteiger partial charge is 0.257 e. The van der Waals surface area contributed by atoms with Crippen molar-refractivity contribution in [2.75, 3.05) is 11.9 Å². The molecule has 1 heterocycles. The lowest BCUT2D eigenvalue weighted by Crippen LogP contribution is -2.24. The zero-order valence-electron chi connectivity index (χ0n) is 13.4. The molecule has 0 atom stereocenters. The summed E-state index contributed by atoms with van der Waals surface area (Å²) in [5.74, 6) is -0.506. The second kappa shape index (κ2) is 8.08. The number of nitrogens with zero attached hydrogens (tertiary/aromatic N) is 1. The van der Waals surface area contributed by atoms with E-state index in [0.717, 1.165) is 12.8 Å². The van der Waals surface area contributed by atoms with Gasteiger partial charge in [0.05, 0.1) is 11.1 Å². The predicted molar refractivity (Wildman–Crippen MR) is 90.6 cm³/mol. The van der Waals surface area contributed by atoms with E-state index in [9.17, 15) is 9.59 Å². The van der Waals surface area contributed by atoms with Crippen LogP contribution in [0.5, 0.6) is 0 Å². The molecule has 0 aliphatic carbocycles. The van der Waals surface area contributed by atoms with Gasteiger partial charge in [0, 0.05) is 24.6 Å². The molecule has 1 aromatic carbocycles. The van der Waals surface area contributed by atoms with Crippen molar-refractivity contribution < 1.29 is 9.59 Å². The molecule has 23 heavy (non-hydrogen) atoms. The number of pyridine rings is 1. The Kier molecular flexibility index (Phi) is 5.86. The molecule has 0 saturated carbocycles. The van der Waals surface area contributed by atoms with Crippen LogP contribution in [0.25, 0.3) is 0 Å². The molecule has 2 aromatic rings. The lowest BCUT2D eigenvalue weighted by molar-refractivity contribution is 0.0953. The van der Waals surface area contributed by atoms with Gasteiger partial charge in [-0.15, -0.1) is 0 Å². The maximum Gasteiger partial charge on any atom is 0.257 e. The Morgan fingerprint density at radius 3 is 2.26 bits per heavy atom. The monoisotopic (exact) mass is 311 g/mol. The third-order valence-electron chi connectivity index (χ3n) is 3.42. The van der Waals surface area contributed by atoms with Crippen LogP contribution in [-0.4, -0.2) is 23.3 Å². The van der Waals surface area contributed by atoms with Crippen molar-refractivity contribution >= 4 is 17.5 Å². The van der Waals surface area contributed by atoms with E-state index in [4.69, 9.17) is 0 Å². The lowest BCUT2D eigenvalue weighted by atomic mass is 10.1. The molecule has 0 saturated heterocycles. The van der Waals surface area contributed by atoms with Gasteiger partial charge in [0.15, 0.2) is 0 Å². The number of carbonyl (C=O) groups is 2. The Hall–Kier alpha value is -2.69. The van der Waals surface area contributed by atoms with Gasteiger partial charge in [-0.3, -0.25) is 14.6 Å². The summed E-state index contributed by atoms with van der Waals surface area (Å²) in [7, 11) is 0. The number of carbonyl (C=O) groups excluding carboxylic acids is 2. The van der Waals surface area contributed by atoms with Gasteiger partial charge in [-0.2, -0.15) is 0 Å². The highest BCUT2D eigenvalue weighted by atomic mass is 16.2. The summed E-state index contributed by atoms with van der Waals surface area (Å²) in [6, 6.07) is 9.22. The third-order valence-corrected chi connectivity index (χ3v) is 3.42. The van der Waals surface area contributed by atoms with Crippen LogP contribution < -0.4 is 10.6 Å². The maximum atomic E-state index is 12.3. The number of nitrogens with one attached hydrogen (secondary N) is 2. The molecule has 0 bridgehead atoms. The van der Waals surface area contributed by atoms with Crippen LogP contribution in [-0.2, 0) is 6.42 Å². The highest BCUT2D eigenvalue weighted by Gasteiger charge is 2.11. The van der Waals surface area contributed by atoms with E-state index >= 15 is 0 Å². The number of aromatic nitrogens is 1. The van der Waals surface area contributed by atoms with Crippen molar-refractivity contribution in [1.82, 2.24) is 10.3 Å². The average Bonchev–Trinajstić information content (AvgIpc) is 2.60. The molecular weight excluding hydrogens is 290 g/mol. The van der Waals surface area contributed by atoms with Crippen LogP contribution in [0.4, 0.5) is 5.69 Å². The molecule has 5 nitrogen and oxygen atoms in total. The van der Waals surface area contributed by atoms with Gasteiger partial charge in [0.2, 0.25) is 0 Å². The van der Waals surface area contributed by atoms with E-state index in [1.807, 2.05) is 31.2 Å². The molecule has 5 heteroatoms. The van der Waals surface area contributed by atoms with Gasteiger partial charge in [-0.1, -0.05) is 26.0 Å². The fraction of sp³-hybridized carbons (Fsp3) is 0.278. The highest BCUT2D eigenvalue weighted by Crippen LogP contribution is 2.12. The molecule has 2 amide bonds. The van der Waals surface area contributed by atoms with E-state index in [-0.39, 0.29) is 11.8 Å². The Labute approximate surface area is 136 Å². The van der Waals surface area contributed by atoms with E-state index in [2.05, 4.69) is 22.5 Å². The fourth-order valence-electron chi connectivity index (χ4n) is 2.06. The Morgan fingerprint density at radius 2 is 1.65 bits per heavy atom. The van der Waals surface area contributed by atoms with Crippen LogP contribution in [0.2, 0.25) is 0 Å². The Morgan fingerprint density at radius 1 is 1.00 bits per heavy atom. The topological polar surface area (TPSA) is 71.1 Å². The second-order valence-electron chi connectivity index (χ2n) is 5.22. The molecule has 0 radical (unpaired) electrons. The van der Waals surface area contributed by atoms with Gasteiger partial charge in [-0.25, -0.2) is 0 Å². The predicted octanol–water partition coefficient (Wildman–Crippen LogP) is 3.04. The molecule has 0 aliphatic rings. The molecule has 120 valence electrons. The molecular formula is C18H21N3O2. The molecule has 0 spiro atoms. The van der Waals surface area contributed by atoms with Crippen molar-refractivity contribution in [2.24, 2.45) is 0 Å². The number of amides is 2. The quantitative estimate of drug-likeness (QED) is 0.861. The summed E-state index contributed by atoms with van der Waals surface area (Å²) in [4.78, 5) is 28.2. The van der Waals surface area contributed by atoms with E-state index < -0.39 is 0 Å². The summed E-state index contributed by atoms with van der Waals surface area (Å²) in [5.41, 5.74) is 2.66. The van der Waals surface area contributed by atoms with Crippen LogP contribution in [0.3, 0.4) is 0 Å². The second-order valence-corrected chi connectivity index (χ2v) is 5.22. The van der Waals surface area contributed by atoms with Crippen LogP contribution in [0, 0.1) is 0 Å². The normalized spacial score (nSPS) is 10.2. The minimum atomic E-state index is -0.285. The Balaban J connectivity index is 2.08. The lowest BCUT2D eigenvalue weighted by Gasteiger charge is -2.07. The van der Waals surface area contributed by atoms with E-state index in [0.29, 0.717) is 23.4 Å². The fourth-order valence-corrected chi connectivity index (χ4v) is 2.06. The summed E-state index contributed by atoms with van der Waals surface area (Å²) in [6.45, 7) is 4.65. The summed E-state index contributed by atoms with van der Waals surface area (Å²) >= 11 is 0. The number of aryl methyl sites for hydroxylation is 1. The first-order valence-electron chi connectivity index (χ1n) is 7.77. The third kappa shape index (κ3) is 4.64.